The van der Waals surface area contributed by atoms with Crippen LogP contribution < -0.4 is 5.73 Å². The lowest BCUT2D eigenvalue weighted by atomic mass is 9.74. The van der Waals surface area contributed by atoms with E-state index < -0.39 is 0 Å². The molecule has 1 rings (SSSR count). The summed E-state index contributed by atoms with van der Waals surface area (Å²) in [5, 5.41) is 0. The third-order valence-electron chi connectivity index (χ3n) is 3.12. The predicted molar refractivity (Wildman–Crippen MR) is 65.4 cm³/mol. The van der Waals surface area contributed by atoms with E-state index in [9.17, 15) is 0 Å². The van der Waals surface area contributed by atoms with Crippen molar-refractivity contribution in [3.05, 3.63) is 0 Å². The zero-order chi connectivity index (χ0) is 11.2. The van der Waals surface area contributed by atoms with Gasteiger partial charge in [-0.05, 0) is 44.4 Å². The maximum absolute atomic E-state index is 6.04. The predicted octanol–water partition coefficient (Wildman–Crippen LogP) is 3.97. The molecule has 86 valence electrons. The van der Waals surface area contributed by atoms with Crippen molar-refractivity contribution in [1.82, 2.24) is 0 Å². The van der Waals surface area contributed by atoms with E-state index in [4.69, 9.17) is 5.73 Å². The van der Waals surface area contributed by atoms with Crippen LogP contribution in [0.3, 0.4) is 0 Å². The zero-order valence-electron chi connectivity index (χ0n) is 10.8. The summed E-state index contributed by atoms with van der Waals surface area (Å²) in [4.78, 5) is 0. The number of hydrogen-bond donors (Lipinski definition) is 1. The van der Waals surface area contributed by atoms with E-state index in [-0.39, 0.29) is 5.54 Å². The van der Waals surface area contributed by atoms with Crippen LogP contribution in [-0.4, -0.2) is 5.54 Å². The van der Waals surface area contributed by atoms with E-state index in [0.29, 0.717) is 0 Å². The Hall–Kier alpha value is -0.0400. The number of nitrogens with two attached hydrogens (primary N) is 1. The minimum atomic E-state index is 0.144. The van der Waals surface area contributed by atoms with Gasteiger partial charge in [-0.3, -0.25) is 0 Å². The van der Waals surface area contributed by atoms with Crippen molar-refractivity contribution in [2.45, 2.75) is 72.3 Å². The fourth-order valence-electron chi connectivity index (χ4n) is 1.97. The molecule has 1 aliphatic carbocycles. The van der Waals surface area contributed by atoms with E-state index in [2.05, 4.69) is 34.6 Å². The van der Waals surface area contributed by atoms with Crippen LogP contribution >= 0.6 is 0 Å². The summed E-state index contributed by atoms with van der Waals surface area (Å²) in [6.07, 6.45) is 6.36. The first-order chi connectivity index (χ1) is 6.43. The molecule has 1 fully saturated rings. The molecule has 1 heteroatoms. The molecule has 0 unspecified atom stereocenters. The second-order valence-corrected chi connectivity index (χ2v) is 5.44. The van der Waals surface area contributed by atoms with Crippen LogP contribution in [0.15, 0.2) is 0 Å². The molecule has 0 spiro atoms. The Balaban J connectivity index is 0.000000500. The molecular weight excluding hydrogens is 170 g/mol. The third-order valence-corrected chi connectivity index (χ3v) is 3.12. The Bertz CT molecular complexity index is 128. The molecule has 0 heterocycles. The van der Waals surface area contributed by atoms with Gasteiger partial charge in [-0.25, -0.2) is 0 Å². The van der Waals surface area contributed by atoms with Gasteiger partial charge in [0, 0.05) is 5.54 Å². The van der Waals surface area contributed by atoms with Crippen LogP contribution in [0, 0.1) is 11.8 Å². The minimum Gasteiger partial charge on any atom is -0.325 e. The molecule has 0 amide bonds. The van der Waals surface area contributed by atoms with Crippen LogP contribution in [0.4, 0.5) is 0 Å². The first kappa shape index (κ1) is 14.0. The Kier molecular flexibility index (Phi) is 6.43. The molecule has 0 aromatic carbocycles. The van der Waals surface area contributed by atoms with E-state index in [1.54, 1.807) is 0 Å². The highest BCUT2D eigenvalue weighted by atomic mass is 14.7. The fraction of sp³-hybridized carbons (Fsp3) is 1.00. The lowest BCUT2D eigenvalue weighted by molar-refractivity contribution is 0.208. The Morgan fingerprint density at radius 2 is 1.57 bits per heavy atom. The molecule has 0 aliphatic heterocycles. The van der Waals surface area contributed by atoms with Crippen LogP contribution in [0.25, 0.3) is 0 Å². The van der Waals surface area contributed by atoms with Gasteiger partial charge in [-0.1, -0.05) is 34.1 Å². The summed E-state index contributed by atoms with van der Waals surface area (Å²) in [7, 11) is 0. The van der Waals surface area contributed by atoms with Gasteiger partial charge >= 0.3 is 0 Å². The van der Waals surface area contributed by atoms with E-state index in [1.807, 2.05) is 0 Å². The summed E-state index contributed by atoms with van der Waals surface area (Å²) in [6, 6.07) is 0. The Labute approximate surface area is 90.5 Å². The topological polar surface area (TPSA) is 26.0 Å². The molecule has 14 heavy (non-hydrogen) atoms. The average Bonchev–Trinajstić information content (AvgIpc) is 2.04. The van der Waals surface area contributed by atoms with Crippen molar-refractivity contribution >= 4 is 0 Å². The fourth-order valence-corrected chi connectivity index (χ4v) is 1.97. The molecule has 1 nitrogen and oxygen atoms in total. The Morgan fingerprint density at radius 3 is 1.86 bits per heavy atom. The molecule has 0 radical (unpaired) electrons. The lowest BCUT2D eigenvalue weighted by Crippen LogP contribution is -2.40. The number of rotatable bonds is 1. The molecule has 1 saturated carbocycles. The molecule has 1 aliphatic rings. The lowest BCUT2D eigenvalue weighted by Gasteiger charge is -2.35. The normalized spacial score (nSPS) is 32.4. The summed E-state index contributed by atoms with van der Waals surface area (Å²) in [6.45, 7) is 11.1. The maximum atomic E-state index is 6.04. The van der Waals surface area contributed by atoms with Crippen molar-refractivity contribution in [2.75, 3.05) is 0 Å². The monoisotopic (exact) mass is 199 g/mol. The van der Waals surface area contributed by atoms with Gasteiger partial charge in [-0.2, -0.15) is 0 Å². The standard InChI is InChI=1S/C10H21N.C3H8/c1-8(2)9-4-6-10(3,11)7-5-9;1-3-2/h8-9H,4-7,11H2,1-3H3;3H2,1-2H3. The number of hydrogen-bond acceptors (Lipinski definition) is 1. The SMILES string of the molecule is CC(C)C1CCC(C)(N)CC1.CCC. The molecule has 2 N–H and O–H groups in total. The van der Waals surface area contributed by atoms with Gasteiger partial charge in [0.25, 0.3) is 0 Å². The molecular formula is C13H29N. The van der Waals surface area contributed by atoms with E-state index >= 15 is 0 Å². The summed E-state index contributed by atoms with van der Waals surface area (Å²) < 4.78 is 0. The highest BCUT2D eigenvalue weighted by Crippen LogP contribution is 2.33. The largest absolute Gasteiger partial charge is 0.325 e. The van der Waals surface area contributed by atoms with Crippen LogP contribution in [-0.2, 0) is 0 Å². The quantitative estimate of drug-likeness (QED) is 0.679. The highest BCUT2D eigenvalue weighted by Gasteiger charge is 2.28. The van der Waals surface area contributed by atoms with Crippen molar-refractivity contribution in [3.8, 4) is 0 Å². The molecule has 0 aromatic rings. The first-order valence-electron chi connectivity index (χ1n) is 6.21. The van der Waals surface area contributed by atoms with E-state index in [1.165, 1.54) is 32.1 Å². The van der Waals surface area contributed by atoms with Crippen molar-refractivity contribution < 1.29 is 0 Å². The van der Waals surface area contributed by atoms with Crippen LogP contribution in [0.5, 0.6) is 0 Å². The van der Waals surface area contributed by atoms with Gasteiger partial charge in [0.2, 0.25) is 0 Å². The second kappa shape index (κ2) is 6.44. The van der Waals surface area contributed by atoms with Gasteiger partial charge in [0.15, 0.2) is 0 Å². The average molecular weight is 199 g/mol. The van der Waals surface area contributed by atoms with Crippen molar-refractivity contribution in [3.63, 3.8) is 0 Å². The van der Waals surface area contributed by atoms with Gasteiger partial charge < -0.3 is 5.73 Å². The molecule has 0 aromatic heterocycles. The van der Waals surface area contributed by atoms with Crippen LogP contribution in [0.2, 0.25) is 0 Å². The first-order valence-corrected chi connectivity index (χ1v) is 6.21. The molecule has 0 saturated heterocycles. The van der Waals surface area contributed by atoms with Crippen molar-refractivity contribution in [1.29, 1.82) is 0 Å². The smallest absolute Gasteiger partial charge is 0.0126 e. The highest BCUT2D eigenvalue weighted by molar-refractivity contribution is 4.86. The minimum absolute atomic E-state index is 0.144. The summed E-state index contributed by atoms with van der Waals surface area (Å²) in [5.74, 6) is 1.79. The zero-order valence-corrected chi connectivity index (χ0v) is 10.8. The molecule has 0 atom stereocenters. The van der Waals surface area contributed by atoms with E-state index in [0.717, 1.165) is 11.8 Å². The maximum Gasteiger partial charge on any atom is 0.0126 e. The van der Waals surface area contributed by atoms with Gasteiger partial charge in [0.05, 0.1) is 0 Å². The summed E-state index contributed by atoms with van der Waals surface area (Å²) in [5.41, 5.74) is 6.18. The van der Waals surface area contributed by atoms with Crippen molar-refractivity contribution in [2.24, 2.45) is 17.6 Å². The Morgan fingerprint density at radius 1 is 1.21 bits per heavy atom. The van der Waals surface area contributed by atoms with Crippen LogP contribution in [0.1, 0.15) is 66.7 Å². The summed E-state index contributed by atoms with van der Waals surface area (Å²) >= 11 is 0. The third kappa shape index (κ3) is 5.64. The second-order valence-electron chi connectivity index (χ2n) is 5.44. The van der Waals surface area contributed by atoms with Gasteiger partial charge in [-0.15, -0.1) is 0 Å². The molecule has 0 bridgehead atoms. The van der Waals surface area contributed by atoms with Gasteiger partial charge in [0.1, 0.15) is 0 Å².